The summed E-state index contributed by atoms with van der Waals surface area (Å²) in [6.45, 7) is 6.76. The predicted molar refractivity (Wildman–Crippen MR) is 84.3 cm³/mol. The Kier molecular flexibility index (Phi) is 6.15. The van der Waals surface area contributed by atoms with Crippen LogP contribution in [0, 0.1) is 0 Å². The molecule has 1 saturated heterocycles. The van der Waals surface area contributed by atoms with E-state index < -0.39 is 0 Å². The number of aromatic nitrogens is 1. The summed E-state index contributed by atoms with van der Waals surface area (Å²) in [6, 6.07) is 4.31. The van der Waals surface area contributed by atoms with Crippen LogP contribution in [0.25, 0.3) is 0 Å². The zero-order valence-electron chi connectivity index (χ0n) is 13.8. The van der Waals surface area contributed by atoms with Crippen molar-refractivity contribution < 1.29 is 9.47 Å². The lowest BCUT2D eigenvalue weighted by molar-refractivity contribution is -0.0640. The minimum atomic E-state index is 0.0847. The third-order valence-electron chi connectivity index (χ3n) is 3.90. The van der Waals surface area contributed by atoms with Gasteiger partial charge in [0, 0.05) is 31.0 Å². The molecule has 118 valence electrons. The Balaban J connectivity index is 2.11. The van der Waals surface area contributed by atoms with E-state index in [1.165, 1.54) is 5.56 Å². The Morgan fingerprint density at radius 2 is 2.05 bits per heavy atom. The molecule has 0 saturated carbocycles. The third kappa shape index (κ3) is 4.77. The second-order valence-electron chi connectivity index (χ2n) is 6.02. The lowest BCUT2D eigenvalue weighted by atomic mass is 10.1. The number of ether oxygens (including phenoxy) is 2. The maximum Gasteiger partial charge on any atom is 0.0818 e. The van der Waals surface area contributed by atoms with Crippen LogP contribution in [0.3, 0.4) is 0 Å². The Morgan fingerprint density at radius 3 is 2.67 bits per heavy atom. The van der Waals surface area contributed by atoms with Crippen molar-refractivity contribution >= 4 is 0 Å². The monoisotopic (exact) mass is 292 g/mol. The number of aryl methyl sites for hydroxylation is 1. The number of nitrogens with zero attached hydrogens (tertiary/aromatic N) is 2. The lowest BCUT2D eigenvalue weighted by Crippen LogP contribution is -2.25. The van der Waals surface area contributed by atoms with Gasteiger partial charge in [-0.1, -0.05) is 13.0 Å². The molecule has 0 unspecified atom stereocenters. The van der Waals surface area contributed by atoms with E-state index >= 15 is 0 Å². The molecule has 4 heteroatoms. The first-order valence-corrected chi connectivity index (χ1v) is 7.96. The van der Waals surface area contributed by atoms with Gasteiger partial charge in [-0.05, 0) is 46.3 Å². The van der Waals surface area contributed by atoms with E-state index in [2.05, 4.69) is 45.0 Å². The molecular formula is C17H28N2O2. The molecule has 2 heterocycles. The summed E-state index contributed by atoms with van der Waals surface area (Å²) in [5, 5.41) is 0. The molecule has 1 aromatic rings. The highest BCUT2D eigenvalue weighted by molar-refractivity contribution is 5.25. The Morgan fingerprint density at radius 1 is 1.33 bits per heavy atom. The normalized spacial score (nSPS) is 18.1. The molecule has 1 aliphatic heterocycles. The highest BCUT2D eigenvalue weighted by Gasteiger charge is 2.20. The molecule has 4 nitrogen and oxygen atoms in total. The molecule has 0 radical (unpaired) electrons. The predicted octanol–water partition coefficient (Wildman–Crippen LogP) is 2.96. The van der Waals surface area contributed by atoms with E-state index in [9.17, 15) is 0 Å². The van der Waals surface area contributed by atoms with E-state index in [1.807, 2.05) is 0 Å². The Hall–Kier alpha value is -0.970. The van der Waals surface area contributed by atoms with Gasteiger partial charge in [0.15, 0.2) is 0 Å². The second-order valence-corrected chi connectivity index (χ2v) is 6.02. The van der Waals surface area contributed by atoms with Crippen molar-refractivity contribution in [1.82, 2.24) is 9.88 Å². The molecule has 0 aromatic carbocycles. The number of pyridine rings is 1. The summed E-state index contributed by atoms with van der Waals surface area (Å²) in [4.78, 5) is 6.96. The molecule has 0 bridgehead atoms. The summed E-state index contributed by atoms with van der Waals surface area (Å²) in [5.41, 5.74) is 3.50. The molecule has 21 heavy (non-hydrogen) atoms. The van der Waals surface area contributed by atoms with Gasteiger partial charge in [-0.2, -0.15) is 0 Å². The molecule has 0 spiro atoms. The molecule has 1 fully saturated rings. The highest BCUT2D eigenvalue weighted by Crippen LogP contribution is 2.25. The van der Waals surface area contributed by atoms with Gasteiger partial charge >= 0.3 is 0 Å². The molecule has 2 rings (SSSR count). The van der Waals surface area contributed by atoms with Gasteiger partial charge in [0.2, 0.25) is 0 Å². The standard InChI is InChI=1S/C17H28N2O2/c1-5-14-6-7-16(17(18-14)12-19(3)4)13(2)21-15-8-10-20-11-9-15/h6-7,13,15H,5,8-12H2,1-4H3/t13-/m1/s1. The van der Waals surface area contributed by atoms with Gasteiger partial charge in [-0.15, -0.1) is 0 Å². The maximum absolute atomic E-state index is 6.23. The fourth-order valence-electron chi connectivity index (χ4n) is 2.72. The molecule has 0 N–H and O–H groups in total. The molecule has 1 atom stereocenters. The molecule has 1 aliphatic rings. The maximum atomic E-state index is 6.23. The van der Waals surface area contributed by atoms with Gasteiger partial charge in [-0.3, -0.25) is 4.98 Å². The van der Waals surface area contributed by atoms with Gasteiger partial charge < -0.3 is 14.4 Å². The van der Waals surface area contributed by atoms with E-state index in [4.69, 9.17) is 14.5 Å². The van der Waals surface area contributed by atoms with Crippen LogP contribution in [-0.2, 0) is 22.4 Å². The van der Waals surface area contributed by atoms with Gasteiger partial charge in [0.25, 0.3) is 0 Å². The summed E-state index contributed by atoms with van der Waals surface area (Å²) in [5.74, 6) is 0. The Labute approximate surface area is 128 Å². The van der Waals surface area contributed by atoms with Crippen molar-refractivity contribution in [3.8, 4) is 0 Å². The minimum Gasteiger partial charge on any atom is -0.381 e. The van der Waals surface area contributed by atoms with Crippen molar-refractivity contribution in [2.24, 2.45) is 0 Å². The first kappa shape index (κ1) is 16.4. The van der Waals surface area contributed by atoms with Crippen molar-refractivity contribution in [3.63, 3.8) is 0 Å². The van der Waals surface area contributed by atoms with Crippen molar-refractivity contribution in [3.05, 3.63) is 29.1 Å². The summed E-state index contributed by atoms with van der Waals surface area (Å²) in [6.07, 6.45) is 3.35. The van der Waals surface area contributed by atoms with Gasteiger partial charge in [0.1, 0.15) is 0 Å². The van der Waals surface area contributed by atoms with Crippen molar-refractivity contribution in [2.45, 2.75) is 51.9 Å². The molecule has 0 aliphatic carbocycles. The largest absolute Gasteiger partial charge is 0.381 e. The molecule has 1 aromatic heterocycles. The number of hydrogen-bond acceptors (Lipinski definition) is 4. The average molecular weight is 292 g/mol. The van der Waals surface area contributed by atoms with Gasteiger partial charge in [0.05, 0.1) is 17.9 Å². The number of hydrogen-bond donors (Lipinski definition) is 0. The van der Waals surface area contributed by atoms with Crippen LogP contribution in [0.2, 0.25) is 0 Å². The topological polar surface area (TPSA) is 34.6 Å². The van der Waals surface area contributed by atoms with E-state index in [1.54, 1.807) is 0 Å². The molecule has 0 amide bonds. The smallest absolute Gasteiger partial charge is 0.0818 e. The fourth-order valence-corrected chi connectivity index (χ4v) is 2.72. The third-order valence-corrected chi connectivity index (χ3v) is 3.90. The van der Waals surface area contributed by atoms with Crippen molar-refractivity contribution in [1.29, 1.82) is 0 Å². The SMILES string of the molecule is CCc1ccc([C@@H](C)OC2CCOCC2)c(CN(C)C)n1. The van der Waals surface area contributed by atoms with Gasteiger partial charge in [-0.25, -0.2) is 0 Å². The summed E-state index contributed by atoms with van der Waals surface area (Å²) in [7, 11) is 4.15. The summed E-state index contributed by atoms with van der Waals surface area (Å²) < 4.78 is 11.6. The highest BCUT2D eigenvalue weighted by atomic mass is 16.5. The van der Waals surface area contributed by atoms with E-state index in [-0.39, 0.29) is 6.10 Å². The first-order chi connectivity index (χ1) is 10.1. The minimum absolute atomic E-state index is 0.0847. The molecular weight excluding hydrogens is 264 g/mol. The second kappa shape index (κ2) is 7.87. The van der Waals surface area contributed by atoms with Crippen LogP contribution >= 0.6 is 0 Å². The van der Waals surface area contributed by atoms with Crippen LogP contribution in [0.5, 0.6) is 0 Å². The average Bonchev–Trinajstić information content (AvgIpc) is 2.47. The van der Waals surface area contributed by atoms with Crippen LogP contribution in [0.1, 0.15) is 49.7 Å². The van der Waals surface area contributed by atoms with Crippen LogP contribution < -0.4 is 0 Å². The first-order valence-electron chi connectivity index (χ1n) is 7.96. The zero-order valence-corrected chi connectivity index (χ0v) is 13.8. The lowest BCUT2D eigenvalue weighted by Gasteiger charge is -2.27. The van der Waals surface area contributed by atoms with Crippen LogP contribution in [0.15, 0.2) is 12.1 Å². The van der Waals surface area contributed by atoms with Crippen molar-refractivity contribution in [2.75, 3.05) is 27.3 Å². The fraction of sp³-hybridized carbons (Fsp3) is 0.706. The quantitative estimate of drug-likeness (QED) is 0.807. The summed E-state index contributed by atoms with van der Waals surface area (Å²) >= 11 is 0. The van der Waals surface area contributed by atoms with E-state index in [0.29, 0.717) is 6.10 Å². The Bertz CT molecular complexity index is 442. The zero-order chi connectivity index (χ0) is 15.2. The van der Waals surface area contributed by atoms with E-state index in [0.717, 1.165) is 50.4 Å². The number of rotatable bonds is 6. The van der Waals surface area contributed by atoms with Crippen LogP contribution in [-0.4, -0.2) is 43.3 Å². The van der Waals surface area contributed by atoms with Crippen LogP contribution in [0.4, 0.5) is 0 Å².